The fourth-order valence-electron chi connectivity index (χ4n) is 1.98. The number of amides is 1. The molecule has 2 aromatic rings. The third-order valence-electron chi connectivity index (χ3n) is 3.34. The van der Waals surface area contributed by atoms with E-state index in [2.05, 4.69) is 10.4 Å². The number of nitrogens with one attached hydrogen (secondary N) is 1. The highest BCUT2D eigenvalue weighted by Gasteiger charge is 2.11. The number of carbonyl (C=O) groups is 1. The molecule has 0 aliphatic heterocycles. The first-order valence-electron chi connectivity index (χ1n) is 7.14. The van der Waals surface area contributed by atoms with Gasteiger partial charge in [-0.25, -0.2) is 4.68 Å². The monoisotopic (exact) mass is 336 g/mol. The number of hydrogen-bond donors (Lipinski definition) is 1. The van der Waals surface area contributed by atoms with Gasteiger partial charge in [0.2, 0.25) is 5.91 Å². The van der Waals surface area contributed by atoms with Gasteiger partial charge in [0.25, 0.3) is 5.56 Å². The first-order valence-corrected chi connectivity index (χ1v) is 7.14. The SMILES string of the molecule is CNCCN(C)C(=O)Cn1nc(-c2ccccc2)ccc1=O.Cl. The Kier molecular flexibility index (Phi) is 7.44. The number of hydrogen-bond acceptors (Lipinski definition) is 4. The van der Waals surface area contributed by atoms with Crippen LogP contribution < -0.4 is 10.9 Å². The molecule has 0 bridgehead atoms. The Bertz CT molecular complexity index is 688. The zero-order chi connectivity index (χ0) is 15.9. The summed E-state index contributed by atoms with van der Waals surface area (Å²) in [5, 5.41) is 7.27. The zero-order valence-corrected chi connectivity index (χ0v) is 14.0. The van der Waals surface area contributed by atoms with Crippen molar-refractivity contribution in [3.63, 3.8) is 0 Å². The molecule has 1 aromatic carbocycles. The largest absolute Gasteiger partial charge is 0.343 e. The summed E-state index contributed by atoms with van der Waals surface area (Å²) in [5.74, 6) is -0.143. The van der Waals surface area contributed by atoms with E-state index >= 15 is 0 Å². The van der Waals surface area contributed by atoms with Crippen LogP contribution in [-0.4, -0.2) is 47.8 Å². The molecule has 0 saturated heterocycles. The summed E-state index contributed by atoms with van der Waals surface area (Å²) in [5.41, 5.74) is 1.30. The highest BCUT2D eigenvalue weighted by Crippen LogP contribution is 2.13. The third kappa shape index (κ3) is 5.19. The van der Waals surface area contributed by atoms with E-state index < -0.39 is 0 Å². The van der Waals surface area contributed by atoms with Crippen LogP contribution in [0.15, 0.2) is 47.3 Å². The lowest BCUT2D eigenvalue weighted by atomic mass is 10.1. The Labute approximate surface area is 141 Å². The van der Waals surface area contributed by atoms with E-state index in [1.807, 2.05) is 37.4 Å². The number of benzene rings is 1. The van der Waals surface area contributed by atoms with Gasteiger partial charge in [0, 0.05) is 31.8 Å². The summed E-state index contributed by atoms with van der Waals surface area (Å²) in [6.45, 7) is 1.23. The molecule has 6 nitrogen and oxygen atoms in total. The van der Waals surface area contributed by atoms with Gasteiger partial charge in [0.05, 0.1) is 5.69 Å². The van der Waals surface area contributed by atoms with Gasteiger partial charge in [-0.3, -0.25) is 9.59 Å². The second-order valence-electron chi connectivity index (χ2n) is 5.00. The van der Waals surface area contributed by atoms with E-state index in [1.165, 1.54) is 10.7 Å². The quantitative estimate of drug-likeness (QED) is 0.855. The zero-order valence-electron chi connectivity index (χ0n) is 13.2. The van der Waals surface area contributed by atoms with E-state index in [0.717, 1.165) is 5.56 Å². The first kappa shape index (κ1) is 18.9. The standard InChI is InChI=1S/C16H20N4O2.ClH/c1-17-10-11-19(2)16(22)12-20-15(21)9-8-14(18-20)13-6-4-3-5-7-13;/h3-9,17H,10-12H2,1-2H3;1H. The minimum Gasteiger partial charge on any atom is -0.343 e. The van der Waals surface area contributed by atoms with Crippen molar-refractivity contribution in [2.75, 3.05) is 27.2 Å². The molecule has 23 heavy (non-hydrogen) atoms. The number of carbonyl (C=O) groups excluding carboxylic acids is 1. The highest BCUT2D eigenvalue weighted by molar-refractivity contribution is 5.85. The normalized spacial score (nSPS) is 10.0. The maximum Gasteiger partial charge on any atom is 0.267 e. The second-order valence-corrected chi connectivity index (χ2v) is 5.00. The van der Waals surface area contributed by atoms with Crippen LogP contribution in [0.3, 0.4) is 0 Å². The third-order valence-corrected chi connectivity index (χ3v) is 3.34. The van der Waals surface area contributed by atoms with Crippen LogP contribution in [0.1, 0.15) is 0 Å². The molecule has 0 aliphatic rings. The van der Waals surface area contributed by atoms with Gasteiger partial charge < -0.3 is 10.2 Å². The molecule has 1 amide bonds. The summed E-state index contributed by atoms with van der Waals surface area (Å²) in [6.07, 6.45) is 0. The van der Waals surface area contributed by atoms with Gasteiger partial charge >= 0.3 is 0 Å². The molecule has 7 heteroatoms. The fraction of sp³-hybridized carbons (Fsp3) is 0.312. The Hall–Kier alpha value is -2.18. The van der Waals surface area contributed by atoms with Gasteiger partial charge in [-0.15, -0.1) is 12.4 Å². The Balaban J connectivity index is 0.00000264. The van der Waals surface area contributed by atoms with Crippen LogP contribution in [-0.2, 0) is 11.3 Å². The smallest absolute Gasteiger partial charge is 0.267 e. The number of halogens is 1. The number of rotatable bonds is 6. The molecular formula is C16H21ClN4O2. The van der Waals surface area contributed by atoms with Gasteiger partial charge in [0.15, 0.2) is 0 Å². The number of nitrogens with zero attached hydrogens (tertiary/aromatic N) is 3. The van der Waals surface area contributed by atoms with Crippen molar-refractivity contribution in [1.82, 2.24) is 20.0 Å². The lowest BCUT2D eigenvalue weighted by Gasteiger charge is -2.17. The molecule has 0 radical (unpaired) electrons. The van der Waals surface area contributed by atoms with E-state index in [4.69, 9.17) is 0 Å². The summed E-state index contributed by atoms with van der Waals surface area (Å²) in [4.78, 5) is 25.6. The van der Waals surface area contributed by atoms with Crippen molar-refractivity contribution in [2.24, 2.45) is 0 Å². The lowest BCUT2D eigenvalue weighted by molar-refractivity contribution is -0.130. The van der Waals surface area contributed by atoms with Crippen molar-refractivity contribution in [3.8, 4) is 11.3 Å². The summed E-state index contributed by atoms with van der Waals surface area (Å²) in [6, 6.07) is 12.7. The molecular weight excluding hydrogens is 316 g/mol. The Morgan fingerprint density at radius 3 is 2.57 bits per heavy atom. The van der Waals surface area contributed by atoms with Crippen molar-refractivity contribution in [3.05, 3.63) is 52.8 Å². The maximum absolute atomic E-state index is 12.1. The predicted molar refractivity (Wildman–Crippen MR) is 92.7 cm³/mol. The van der Waals surface area contributed by atoms with Crippen LogP contribution in [0.25, 0.3) is 11.3 Å². The highest BCUT2D eigenvalue weighted by atomic mass is 35.5. The molecule has 0 saturated carbocycles. The molecule has 0 spiro atoms. The summed E-state index contributed by atoms with van der Waals surface area (Å²) in [7, 11) is 3.54. The van der Waals surface area contributed by atoms with E-state index in [0.29, 0.717) is 18.8 Å². The van der Waals surface area contributed by atoms with E-state index in [9.17, 15) is 9.59 Å². The molecule has 0 fully saturated rings. The van der Waals surface area contributed by atoms with Gasteiger partial charge in [-0.05, 0) is 13.1 Å². The van der Waals surface area contributed by atoms with Crippen molar-refractivity contribution in [1.29, 1.82) is 0 Å². The van der Waals surface area contributed by atoms with Crippen LogP contribution in [0.2, 0.25) is 0 Å². The molecule has 1 aromatic heterocycles. The lowest BCUT2D eigenvalue weighted by Crippen LogP contribution is -2.37. The van der Waals surface area contributed by atoms with Crippen LogP contribution >= 0.6 is 12.4 Å². The average molecular weight is 337 g/mol. The minimum atomic E-state index is -0.282. The first-order chi connectivity index (χ1) is 10.6. The van der Waals surface area contributed by atoms with Gasteiger partial charge in [-0.1, -0.05) is 30.3 Å². The van der Waals surface area contributed by atoms with Crippen LogP contribution in [0.4, 0.5) is 0 Å². The topological polar surface area (TPSA) is 67.2 Å². The summed E-state index contributed by atoms with van der Waals surface area (Å²) < 4.78 is 1.21. The van der Waals surface area contributed by atoms with E-state index in [1.54, 1.807) is 18.0 Å². The average Bonchev–Trinajstić information content (AvgIpc) is 2.55. The fourth-order valence-corrected chi connectivity index (χ4v) is 1.98. The number of likely N-dealkylation sites (N-methyl/N-ethyl adjacent to an activating group) is 2. The van der Waals surface area contributed by atoms with Gasteiger partial charge in [-0.2, -0.15) is 5.10 Å². The maximum atomic E-state index is 12.1. The molecule has 0 aliphatic carbocycles. The van der Waals surface area contributed by atoms with Crippen LogP contribution in [0.5, 0.6) is 0 Å². The van der Waals surface area contributed by atoms with Gasteiger partial charge in [0.1, 0.15) is 6.54 Å². The van der Waals surface area contributed by atoms with E-state index in [-0.39, 0.29) is 30.4 Å². The van der Waals surface area contributed by atoms with Crippen molar-refractivity contribution >= 4 is 18.3 Å². The second kappa shape index (κ2) is 9.07. The molecule has 2 rings (SSSR count). The van der Waals surface area contributed by atoms with Crippen molar-refractivity contribution < 1.29 is 4.79 Å². The molecule has 1 heterocycles. The number of aromatic nitrogens is 2. The molecule has 0 atom stereocenters. The minimum absolute atomic E-state index is 0. The molecule has 0 unspecified atom stereocenters. The predicted octanol–water partition coefficient (Wildman–Crippen LogP) is 1.01. The molecule has 1 N–H and O–H groups in total. The Morgan fingerprint density at radius 1 is 1.22 bits per heavy atom. The Morgan fingerprint density at radius 2 is 1.91 bits per heavy atom. The van der Waals surface area contributed by atoms with Crippen LogP contribution in [0, 0.1) is 0 Å². The molecule has 124 valence electrons. The summed E-state index contributed by atoms with van der Waals surface area (Å²) >= 11 is 0. The van der Waals surface area contributed by atoms with Crippen molar-refractivity contribution in [2.45, 2.75) is 6.54 Å².